The Balaban J connectivity index is 2.02. The van der Waals surface area contributed by atoms with Crippen molar-refractivity contribution in [2.75, 3.05) is 0 Å². The number of hydrogen-bond acceptors (Lipinski definition) is 2. The number of H-pyrrole nitrogens is 3. The van der Waals surface area contributed by atoms with Crippen molar-refractivity contribution in [3.63, 3.8) is 0 Å². The van der Waals surface area contributed by atoms with E-state index < -0.39 is 5.92 Å². The number of rotatable bonds is 4. The molecule has 1 unspecified atom stereocenters. The van der Waals surface area contributed by atoms with Crippen LogP contribution in [0.3, 0.4) is 0 Å². The molecule has 0 aliphatic heterocycles. The lowest BCUT2D eigenvalue weighted by molar-refractivity contribution is 0.833. The van der Waals surface area contributed by atoms with Gasteiger partial charge in [-0.15, -0.1) is 0 Å². The molecule has 2 heterocycles. The molecule has 0 saturated carbocycles. The van der Waals surface area contributed by atoms with Crippen molar-refractivity contribution in [3.05, 3.63) is 108 Å². The van der Waals surface area contributed by atoms with E-state index in [9.17, 15) is 9.59 Å². The van der Waals surface area contributed by atoms with Gasteiger partial charge in [-0.2, -0.15) is 0 Å². The molecule has 7 heteroatoms. The van der Waals surface area contributed by atoms with E-state index in [1.54, 1.807) is 13.0 Å². The quantitative estimate of drug-likeness (QED) is 0.493. The number of hydrogen-bond donors (Lipinski definition) is 3. The van der Waals surface area contributed by atoms with Crippen LogP contribution >= 0.6 is 11.6 Å². The van der Waals surface area contributed by atoms with Crippen LogP contribution in [0.25, 0.3) is 5.69 Å². The predicted molar refractivity (Wildman–Crippen MR) is 110 cm³/mol. The average molecular weight is 395 g/mol. The SMILES string of the molecule is Cc1[nH][nH]c(=O)c1C(c1ccccc1Cl)c1c(C)[nH]n(-c2ccccc2)c1=O. The van der Waals surface area contributed by atoms with Crippen LogP contribution in [0.5, 0.6) is 0 Å². The molecule has 0 saturated heterocycles. The highest BCUT2D eigenvalue weighted by atomic mass is 35.5. The molecule has 2 aromatic heterocycles. The zero-order valence-electron chi connectivity index (χ0n) is 15.4. The van der Waals surface area contributed by atoms with Crippen molar-refractivity contribution in [2.45, 2.75) is 19.8 Å². The zero-order chi connectivity index (χ0) is 19.8. The summed E-state index contributed by atoms with van der Waals surface area (Å²) >= 11 is 6.48. The Morgan fingerprint density at radius 1 is 0.857 bits per heavy atom. The Kier molecular flexibility index (Phi) is 4.57. The minimum absolute atomic E-state index is 0.214. The van der Waals surface area contributed by atoms with Crippen LogP contribution in [-0.2, 0) is 0 Å². The van der Waals surface area contributed by atoms with E-state index in [2.05, 4.69) is 15.3 Å². The molecule has 0 bridgehead atoms. The molecular formula is C21H19ClN4O2. The Morgan fingerprint density at radius 3 is 2.18 bits per heavy atom. The molecule has 28 heavy (non-hydrogen) atoms. The van der Waals surface area contributed by atoms with Crippen molar-refractivity contribution in [1.29, 1.82) is 0 Å². The molecule has 4 rings (SSSR count). The lowest BCUT2D eigenvalue weighted by atomic mass is 9.85. The van der Waals surface area contributed by atoms with Crippen molar-refractivity contribution in [1.82, 2.24) is 20.0 Å². The molecule has 0 radical (unpaired) electrons. The molecule has 6 nitrogen and oxygen atoms in total. The summed E-state index contributed by atoms with van der Waals surface area (Å²) in [4.78, 5) is 26.0. The van der Waals surface area contributed by atoms with Gasteiger partial charge in [-0.1, -0.05) is 48.0 Å². The molecule has 0 amide bonds. The minimum Gasteiger partial charge on any atom is -0.302 e. The van der Waals surface area contributed by atoms with Crippen LogP contribution in [-0.4, -0.2) is 20.0 Å². The summed E-state index contributed by atoms with van der Waals surface area (Å²) in [5.74, 6) is -0.600. The summed E-state index contributed by atoms with van der Waals surface area (Å²) in [5.41, 5.74) is 3.26. The van der Waals surface area contributed by atoms with E-state index in [0.29, 0.717) is 33.1 Å². The Hall–Kier alpha value is -3.25. The monoisotopic (exact) mass is 394 g/mol. The van der Waals surface area contributed by atoms with Gasteiger partial charge in [0.1, 0.15) is 0 Å². The number of benzene rings is 2. The summed E-state index contributed by atoms with van der Waals surface area (Å²) in [6, 6.07) is 16.6. The Bertz CT molecular complexity index is 1250. The van der Waals surface area contributed by atoms with Crippen LogP contribution < -0.4 is 11.1 Å². The molecule has 4 aromatic rings. The summed E-state index contributed by atoms with van der Waals surface area (Å²) in [6.07, 6.45) is 0. The highest BCUT2D eigenvalue weighted by Gasteiger charge is 2.30. The number of aromatic nitrogens is 4. The van der Waals surface area contributed by atoms with Crippen molar-refractivity contribution in [3.8, 4) is 5.69 Å². The molecule has 0 aliphatic rings. The first-order chi connectivity index (χ1) is 13.5. The molecule has 0 aliphatic carbocycles. The molecular weight excluding hydrogens is 376 g/mol. The minimum atomic E-state index is -0.600. The maximum absolute atomic E-state index is 13.4. The van der Waals surface area contributed by atoms with Gasteiger partial charge in [0.25, 0.3) is 11.1 Å². The van der Waals surface area contributed by atoms with E-state index >= 15 is 0 Å². The van der Waals surface area contributed by atoms with Crippen molar-refractivity contribution < 1.29 is 0 Å². The number of nitrogens with zero attached hydrogens (tertiary/aromatic N) is 1. The second kappa shape index (κ2) is 7.05. The Labute approximate surface area is 165 Å². The van der Waals surface area contributed by atoms with Crippen LogP contribution in [0, 0.1) is 13.8 Å². The molecule has 142 valence electrons. The largest absolute Gasteiger partial charge is 0.302 e. The lowest BCUT2D eigenvalue weighted by Gasteiger charge is -2.17. The second-order valence-corrected chi connectivity index (χ2v) is 7.11. The summed E-state index contributed by atoms with van der Waals surface area (Å²) in [7, 11) is 0. The fourth-order valence-corrected chi connectivity index (χ4v) is 3.87. The van der Waals surface area contributed by atoms with E-state index in [1.807, 2.05) is 55.5 Å². The standard InChI is InChI=1S/C21H19ClN4O2/c1-12-17(20(27)24-23-12)19(15-10-6-7-11-16(15)22)18-13(2)25-26(21(18)28)14-8-4-3-5-9-14/h3-11,19,25H,1-2H3,(H2,23,24,27). The number of halogens is 1. The Morgan fingerprint density at radius 2 is 1.54 bits per heavy atom. The van der Waals surface area contributed by atoms with Gasteiger partial charge in [-0.25, -0.2) is 4.68 Å². The fraction of sp³-hybridized carbons (Fsp3) is 0.143. The third-order valence-electron chi connectivity index (χ3n) is 4.94. The smallest absolute Gasteiger partial charge is 0.275 e. The normalized spacial score (nSPS) is 12.2. The number of para-hydroxylation sites is 1. The lowest BCUT2D eigenvalue weighted by Crippen LogP contribution is -2.23. The number of nitrogens with one attached hydrogen (secondary N) is 3. The third-order valence-corrected chi connectivity index (χ3v) is 5.28. The summed E-state index contributed by atoms with van der Waals surface area (Å²) in [6.45, 7) is 3.63. The van der Waals surface area contributed by atoms with Crippen LogP contribution in [0.15, 0.2) is 64.2 Å². The van der Waals surface area contributed by atoms with Gasteiger partial charge in [0.15, 0.2) is 0 Å². The van der Waals surface area contributed by atoms with E-state index in [1.165, 1.54) is 4.68 Å². The van der Waals surface area contributed by atoms with E-state index in [0.717, 1.165) is 5.69 Å². The molecule has 1 atom stereocenters. The number of aryl methyl sites for hydroxylation is 2. The van der Waals surface area contributed by atoms with Gasteiger partial charge < -0.3 is 5.10 Å². The van der Waals surface area contributed by atoms with Crippen LogP contribution in [0.2, 0.25) is 5.02 Å². The molecule has 2 aromatic carbocycles. The second-order valence-electron chi connectivity index (χ2n) is 6.70. The van der Waals surface area contributed by atoms with Gasteiger partial charge in [-0.3, -0.25) is 19.8 Å². The van der Waals surface area contributed by atoms with Gasteiger partial charge in [0, 0.05) is 16.4 Å². The van der Waals surface area contributed by atoms with Gasteiger partial charge in [0.05, 0.1) is 22.7 Å². The first kappa shape index (κ1) is 18.1. The highest BCUT2D eigenvalue weighted by molar-refractivity contribution is 6.31. The van der Waals surface area contributed by atoms with E-state index in [4.69, 9.17) is 11.6 Å². The average Bonchev–Trinajstić information content (AvgIpc) is 3.18. The van der Waals surface area contributed by atoms with Crippen LogP contribution in [0.4, 0.5) is 0 Å². The molecule has 0 spiro atoms. The maximum Gasteiger partial charge on any atom is 0.275 e. The summed E-state index contributed by atoms with van der Waals surface area (Å²) < 4.78 is 1.49. The summed E-state index contributed by atoms with van der Waals surface area (Å²) in [5, 5.41) is 9.10. The third kappa shape index (κ3) is 2.92. The number of aromatic amines is 3. The van der Waals surface area contributed by atoms with Crippen molar-refractivity contribution in [2.24, 2.45) is 0 Å². The van der Waals surface area contributed by atoms with Gasteiger partial charge >= 0.3 is 0 Å². The zero-order valence-corrected chi connectivity index (χ0v) is 16.2. The maximum atomic E-state index is 13.4. The molecule has 3 N–H and O–H groups in total. The van der Waals surface area contributed by atoms with Crippen molar-refractivity contribution >= 4 is 11.6 Å². The predicted octanol–water partition coefficient (Wildman–Crippen LogP) is 3.63. The fourth-order valence-electron chi connectivity index (χ4n) is 3.63. The first-order valence-electron chi connectivity index (χ1n) is 8.87. The van der Waals surface area contributed by atoms with E-state index in [-0.39, 0.29) is 11.1 Å². The van der Waals surface area contributed by atoms with Crippen LogP contribution in [0.1, 0.15) is 34.0 Å². The highest BCUT2D eigenvalue weighted by Crippen LogP contribution is 2.35. The van der Waals surface area contributed by atoms with Gasteiger partial charge in [-0.05, 0) is 37.6 Å². The first-order valence-corrected chi connectivity index (χ1v) is 9.25. The van der Waals surface area contributed by atoms with Gasteiger partial charge in [0.2, 0.25) is 0 Å². The molecule has 0 fully saturated rings. The topological polar surface area (TPSA) is 86.4 Å².